The van der Waals surface area contributed by atoms with Crippen molar-refractivity contribution in [3.63, 3.8) is 0 Å². The van der Waals surface area contributed by atoms with Crippen molar-refractivity contribution < 1.29 is 23.7 Å². The Bertz CT molecular complexity index is 196. The van der Waals surface area contributed by atoms with E-state index < -0.39 is 6.10 Å². The van der Waals surface area contributed by atoms with E-state index in [1.54, 1.807) is 14.0 Å². The summed E-state index contributed by atoms with van der Waals surface area (Å²) in [6.07, 6.45) is 1.93. The van der Waals surface area contributed by atoms with Crippen molar-refractivity contribution in [3.8, 4) is 0 Å². The molecule has 0 saturated carbocycles. The molecule has 0 fully saturated rings. The van der Waals surface area contributed by atoms with Crippen LogP contribution in [-0.4, -0.2) is 52.2 Å². The van der Waals surface area contributed by atoms with Gasteiger partial charge in [0.15, 0.2) is 6.10 Å². The Morgan fingerprint density at radius 1 is 1.11 bits per heavy atom. The van der Waals surface area contributed by atoms with Crippen molar-refractivity contribution in [2.45, 2.75) is 39.2 Å². The molecule has 18 heavy (non-hydrogen) atoms. The number of ether oxygens (including phenoxy) is 4. The largest absolute Gasteiger partial charge is 0.464 e. The summed E-state index contributed by atoms with van der Waals surface area (Å²) in [4.78, 5) is 11.5. The lowest BCUT2D eigenvalue weighted by atomic mass is 10.2. The molecule has 0 aliphatic rings. The Morgan fingerprint density at radius 2 is 1.89 bits per heavy atom. The highest BCUT2D eigenvalue weighted by atomic mass is 16.6. The molecule has 5 heteroatoms. The first-order chi connectivity index (χ1) is 8.76. The van der Waals surface area contributed by atoms with Crippen molar-refractivity contribution in [3.05, 3.63) is 0 Å². The van der Waals surface area contributed by atoms with Crippen LogP contribution in [-0.2, 0) is 23.7 Å². The van der Waals surface area contributed by atoms with Gasteiger partial charge in [-0.15, -0.1) is 0 Å². The normalized spacial score (nSPS) is 12.4. The number of methoxy groups -OCH3 is 1. The third kappa shape index (κ3) is 9.39. The number of hydrogen-bond donors (Lipinski definition) is 0. The monoisotopic (exact) mass is 262 g/mol. The summed E-state index contributed by atoms with van der Waals surface area (Å²) in [5, 5.41) is 0. The van der Waals surface area contributed by atoms with E-state index in [0.717, 1.165) is 12.8 Å². The average molecular weight is 262 g/mol. The third-order valence-corrected chi connectivity index (χ3v) is 2.28. The fourth-order valence-electron chi connectivity index (χ4n) is 1.40. The highest BCUT2D eigenvalue weighted by Crippen LogP contribution is 2.05. The van der Waals surface area contributed by atoms with Gasteiger partial charge in [-0.1, -0.05) is 13.3 Å². The molecular weight excluding hydrogens is 236 g/mol. The predicted molar refractivity (Wildman–Crippen MR) is 68.6 cm³/mol. The Labute approximate surface area is 110 Å². The minimum Gasteiger partial charge on any atom is -0.464 e. The van der Waals surface area contributed by atoms with Crippen LogP contribution in [0.1, 0.15) is 33.1 Å². The van der Waals surface area contributed by atoms with E-state index in [9.17, 15) is 4.79 Å². The second-order valence-corrected chi connectivity index (χ2v) is 3.86. The smallest absolute Gasteiger partial charge is 0.335 e. The number of carbonyl (C=O) groups excluding carboxylic acids is 1. The summed E-state index contributed by atoms with van der Waals surface area (Å²) in [5.74, 6) is -0.264. The summed E-state index contributed by atoms with van der Waals surface area (Å²) in [6.45, 7) is 6.52. The van der Waals surface area contributed by atoms with E-state index in [4.69, 9.17) is 18.9 Å². The SMILES string of the molecule is CCCC(OCCCOCCOC)C(=O)OCC. The minimum atomic E-state index is -0.436. The first kappa shape index (κ1) is 17.4. The summed E-state index contributed by atoms with van der Waals surface area (Å²) in [7, 11) is 1.64. The van der Waals surface area contributed by atoms with Crippen LogP contribution in [0.4, 0.5) is 0 Å². The summed E-state index contributed by atoms with van der Waals surface area (Å²) in [5.41, 5.74) is 0. The third-order valence-electron chi connectivity index (χ3n) is 2.28. The Morgan fingerprint density at radius 3 is 2.50 bits per heavy atom. The topological polar surface area (TPSA) is 54.0 Å². The van der Waals surface area contributed by atoms with E-state index in [1.807, 2.05) is 6.92 Å². The zero-order valence-corrected chi connectivity index (χ0v) is 11.8. The van der Waals surface area contributed by atoms with Crippen molar-refractivity contribution in [2.75, 3.05) is 40.1 Å². The van der Waals surface area contributed by atoms with Gasteiger partial charge in [-0.25, -0.2) is 4.79 Å². The molecule has 0 aromatic rings. The number of esters is 1. The quantitative estimate of drug-likeness (QED) is 0.396. The molecule has 0 bridgehead atoms. The van der Waals surface area contributed by atoms with Crippen LogP contribution < -0.4 is 0 Å². The Kier molecular flexibility index (Phi) is 12.3. The molecule has 1 atom stereocenters. The van der Waals surface area contributed by atoms with Crippen molar-refractivity contribution in [1.82, 2.24) is 0 Å². The van der Waals surface area contributed by atoms with Crippen molar-refractivity contribution in [1.29, 1.82) is 0 Å². The molecular formula is C13H26O5. The van der Waals surface area contributed by atoms with Crippen molar-refractivity contribution >= 4 is 5.97 Å². The van der Waals surface area contributed by atoms with E-state index in [0.29, 0.717) is 39.5 Å². The number of hydrogen-bond acceptors (Lipinski definition) is 5. The first-order valence-electron chi connectivity index (χ1n) is 6.61. The van der Waals surface area contributed by atoms with Crippen LogP contribution in [0.15, 0.2) is 0 Å². The molecule has 5 nitrogen and oxygen atoms in total. The summed E-state index contributed by atoms with van der Waals surface area (Å²) >= 11 is 0. The molecule has 0 saturated heterocycles. The van der Waals surface area contributed by atoms with E-state index in [2.05, 4.69) is 0 Å². The first-order valence-corrected chi connectivity index (χ1v) is 6.61. The highest BCUT2D eigenvalue weighted by Gasteiger charge is 2.18. The van der Waals surface area contributed by atoms with Crippen LogP contribution in [0.25, 0.3) is 0 Å². The van der Waals surface area contributed by atoms with Gasteiger partial charge in [-0.05, 0) is 19.8 Å². The number of rotatable bonds is 12. The van der Waals surface area contributed by atoms with Crippen molar-refractivity contribution in [2.24, 2.45) is 0 Å². The molecule has 0 spiro atoms. The predicted octanol–water partition coefficient (Wildman–Crippen LogP) is 1.79. The molecule has 0 N–H and O–H groups in total. The van der Waals surface area contributed by atoms with Gasteiger partial charge in [-0.2, -0.15) is 0 Å². The summed E-state index contributed by atoms with van der Waals surface area (Å²) < 4.78 is 20.6. The van der Waals surface area contributed by atoms with Gasteiger partial charge in [0.1, 0.15) is 0 Å². The fourth-order valence-corrected chi connectivity index (χ4v) is 1.40. The maximum absolute atomic E-state index is 11.5. The summed E-state index contributed by atoms with van der Waals surface area (Å²) in [6, 6.07) is 0. The van der Waals surface area contributed by atoms with Crippen LogP contribution in [0.3, 0.4) is 0 Å². The second-order valence-electron chi connectivity index (χ2n) is 3.86. The molecule has 0 rings (SSSR count). The van der Waals surface area contributed by atoms with Crippen LogP contribution >= 0.6 is 0 Å². The molecule has 108 valence electrons. The second kappa shape index (κ2) is 12.8. The zero-order valence-electron chi connectivity index (χ0n) is 11.8. The molecule has 0 aromatic heterocycles. The lowest BCUT2D eigenvalue weighted by molar-refractivity contribution is -0.157. The molecule has 0 radical (unpaired) electrons. The van der Waals surface area contributed by atoms with Crippen LogP contribution in [0.5, 0.6) is 0 Å². The van der Waals surface area contributed by atoms with Gasteiger partial charge in [0.25, 0.3) is 0 Å². The highest BCUT2D eigenvalue weighted by molar-refractivity contribution is 5.74. The Hall–Kier alpha value is -0.650. The molecule has 0 aliphatic carbocycles. The molecule has 1 unspecified atom stereocenters. The van der Waals surface area contributed by atoms with Crippen LogP contribution in [0, 0.1) is 0 Å². The van der Waals surface area contributed by atoms with Gasteiger partial charge in [0.2, 0.25) is 0 Å². The lowest BCUT2D eigenvalue weighted by Gasteiger charge is -2.15. The van der Waals surface area contributed by atoms with E-state index in [1.165, 1.54) is 0 Å². The van der Waals surface area contributed by atoms with Crippen LogP contribution in [0.2, 0.25) is 0 Å². The van der Waals surface area contributed by atoms with Gasteiger partial charge in [-0.3, -0.25) is 0 Å². The lowest BCUT2D eigenvalue weighted by Crippen LogP contribution is -2.27. The van der Waals surface area contributed by atoms with Gasteiger partial charge in [0, 0.05) is 20.3 Å². The standard InChI is InChI=1S/C13H26O5/c1-4-7-12(13(14)17-5-2)18-9-6-8-16-11-10-15-3/h12H,4-11H2,1-3H3. The fraction of sp³-hybridized carbons (Fsp3) is 0.923. The zero-order chi connectivity index (χ0) is 13.6. The maximum atomic E-state index is 11.5. The van der Waals surface area contributed by atoms with Gasteiger partial charge >= 0.3 is 5.97 Å². The molecule has 0 aromatic carbocycles. The maximum Gasteiger partial charge on any atom is 0.335 e. The molecule has 0 amide bonds. The van der Waals surface area contributed by atoms with E-state index >= 15 is 0 Å². The molecule has 0 aliphatic heterocycles. The average Bonchev–Trinajstić information content (AvgIpc) is 2.36. The Balaban J connectivity index is 3.60. The molecule has 0 heterocycles. The number of carbonyl (C=O) groups is 1. The van der Waals surface area contributed by atoms with Gasteiger partial charge < -0.3 is 18.9 Å². The van der Waals surface area contributed by atoms with Gasteiger partial charge in [0.05, 0.1) is 19.8 Å². The minimum absolute atomic E-state index is 0.264. The van der Waals surface area contributed by atoms with E-state index in [-0.39, 0.29) is 5.97 Å².